The van der Waals surface area contributed by atoms with Gasteiger partial charge in [0.2, 0.25) is 0 Å². The van der Waals surface area contributed by atoms with Gasteiger partial charge in [-0.15, -0.1) is 0 Å². The van der Waals surface area contributed by atoms with Crippen molar-refractivity contribution in [1.29, 1.82) is 5.26 Å². The van der Waals surface area contributed by atoms with Gasteiger partial charge >= 0.3 is 6.03 Å². The molecule has 1 aromatic heterocycles. The molecule has 2 amide bonds. The summed E-state index contributed by atoms with van der Waals surface area (Å²) in [6.45, 7) is 3.67. The number of urea groups is 1. The monoisotopic (exact) mass is 303 g/mol. The molecule has 1 unspecified atom stereocenters. The van der Waals surface area contributed by atoms with E-state index >= 15 is 0 Å². The maximum atomic E-state index is 11.9. The molecular weight excluding hydrogens is 290 g/mol. The van der Waals surface area contributed by atoms with Crippen molar-refractivity contribution >= 4 is 23.3 Å². The van der Waals surface area contributed by atoms with Crippen molar-refractivity contribution in [2.45, 2.75) is 19.9 Å². The van der Waals surface area contributed by atoms with Crippen LogP contribution in [0.25, 0.3) is 0 Å². The van der Waals surface area contributed by atoms with Crippen LogP contribution in [0, 0.1) is 18.3 Å². The molecule has 2 aromatic rings. The van der Waals surface area contributed by atoms with Crippen LogP contribution in [-0.4, -0.2) is 6.03 Å². The van der Waals surface area contributed by atoms with E-state index in [1.54, 1.807) is 12.1 Å². The third kappa shape index (κ3) is 3.77. The van der Waals surface area contributed by atoms with Crippen LogP contribution in [-0.2, 0) is 0 Å². The van der Waals surface area contributed by atoms with Crippen molar-refractivity contribution in [3.05, 3.63) is 52.4 Å². The van der Waals surface area contributed by atoms with Crippen LogP contribution < -0.4 is 10.6 Å². The van der Waals surface area contributed by atoms with E-state index in [4.69, 9.17) is 21.3 Å². The topological polar surface area (TPSA) is 78.1 Å². The van der Waals surface area contributed by atoms with Gasteiger partial charge in [0.25, 0.3) is 0 Å². The molecule has 0 radical (unpaired) electrons. The molecule has 6 heteroatoms. The number of nitriles is 1. The Labute approximate surface area is 127 Å². The molecule has 0 saturated carbocycles. The molecule has 0 aliphatic heterocycles. The van der Waals surface area contributed by atoms with Crippen LogP contribution in [0.4, 0.5) is 10.5 Å². The highest BCUT2D eigenvalue weighted by Crippen LogP contribution is 2.20. The summed E-state index contributed by atoms with van der Waals surface area (Å²) in [5.41, 5.74) is 0.876. The summed E-state index contributed by atoms with van der Waals surface area (Å²) in [5, 5.41) is 14.5. The Hall–Kier alpha value is -2.45. The van der Waals surface area contributed by atoms with Crippen LogP contribution in [0.3, 0.4) is 0 Å². The fourth-order valence-corrected chi connectivity index (χ4v) is 2.03. The second-order valence-electron chi connectivity index (χ2n) is 4.57. The number of hydrogen-bond acceptors (Lipinski definition) is 3. The molecule has 1 aromatic carbocycles. The van der Waals surface area contributed by atoms with Gasteiger partial charge in [0.1, 0.15) is 17.6 Å². The number of halogens is 1. The number of carbonyl (C=O) groups is 1. The number of benzene rings is 1. The van der Waals surface area contributed by atoms with Crippen molar-refractivity contribution in [2.75, 3.05) is 5.32 Å². The summed E-state index contributed by atoms with van der Waals surface area (Å²) in [6, 6.07) is 9.68. The van der Waals surface area contributed by atoms with Crippen LogP contribution in [0.5, 0.6) is 0 Å². The Morgan fingerprint density at radius 3 is 2.71 bits per heavy atom. The summed E-state index contributed by atoms with van der Waals surface area (Å²) in [4.78, 5) is 11.9. The molecule has 0 fully saturated rings. The van der Waals surface area contributed by atoms with E-state index < -0.39 is 0 Å². The maximum Gasteiger partial charge on any atom is 0.319 e. The summed E-state index contributed by atoms with van der Waals surface area (Å²) < 4.78 is 5.45. The zero-order valence-corrected chi connectivity index (χ0v) is 12.4. The molecule has 1 heterocycles. The number of nitrogens with zero attached hydrogens (tertiary/aromatic N) is 1. The second-order valence-corrected chi connectivity index (χ2v) is 4.98. The van der Waals surface area contributed by atoms with Crippen molar-refractivity contribution in [2.24, 2.45) is 0 Å². The lowest BCUT2D eigenvalue weighted by molar-refractivity contribution is 0.247. The third-order valence-electron chi connectivity index (χ3n) is 2.88. The van der Waals surface area contributed by atoms with Gasteiger partial charge in [-0.2, -0.15) is 5.26 Å². The number of rotatable bonds is 3. The van der Waals surface area contributed by atoms with Crippen LogP contribution in [0.2, 0.25) is 5.02 Å². The predicted molar refractivity (Wildman–Crippen MR) is 80.2 cm³/mol. The van der Waals surface area contributed by atoms with Gasteiger partial charge in [0, 0.05) is 5.69 Å². The number of carbonyl (C=O) groups excluding carboxylic acids is 1. The second kappa shape index (κ2) is 6.33. The minimum absolute atomic E-state index is 0.257. The molecule has 5 nitrogen and oxygen atoms in total. The average molecular weight is 304 g/mol. The van der Waals surface area contributed by atoms with Gasteiger partial charge < -0.3 is 15.1 Å². The largest absolute Gasteiger partial charge is 0.464 e. The summed E-state index contributed by atoms with van der Waals surface area (Å²) in [7, 11) is 0. The SMILES string of the molecule is Cc1ccc(C(C)NC(=O)Nc2ccc(C#N)c(Cl)c2)o1. The molecule has 2 N–H and O–H groups in total. The van der Waals surface area contributed by atoms with Gasteiger partial charge in [0.05, 0.1) is 16.6 Å². The minimum Gasteiger partial charge on any atom is -0.464 e. The Morgan fingerprint density at radius 1 is 1.38 bits per heavy atom. The number of amides is 2. The van der Waals surface area contributed by atoms with Crippen molar-refractivity contribution in [3.8, 4) is 6.07 Å². The van der Waals surface area contributed by atoms with Gasteiger partial charge in [-0.05, 0) is 44.2 Å². The Morgan fingerprint density at radius 2 is 2.14 bits per heavy atom. The van der Waals surface area contributed by atoms with Crippen molar-refractivity contribution < 1.29 is 9.21 Å². The first-order valence-electron chi connectivity index (χ1n) is 6.33. The van der Waals surface area contributed by atoms with E-state index in [0.29, 0.717) is 22.0 Å². The molecule has 21 heavy (non-hydrogen) atoms. The van der Waals surface area contributed by atoms with Crippen molar-refractivity contribution in [1.82, 2.24) is 5.32 Å². The van der Waals surface area contributed by atoms with E-state index in [1.807, 2.05) is 32.0 Å². The highest BCUT2D eigenvalue weighted by Gasteiger charge is 2.13. The third-order valence-corrected chi connectivity index (χ3v) is 3.20. The first kappa shape index (κ1) is 14.9. The Kier molecular flexibility index (Phi) is 4.51. The van der Waals surface area contributed by atoms with Gasteiger partial charge in [0.15, 0.2) is 0 Å². The molecule has 0 aliphatic rings. The Balaban J connectivity index is 1.99. The number of aryl methyl sites for hydroxylation is 1. The van der Waals surface area contributed by atoms with Crippen LogP contribution in [0.15, 0.2) is 34.7 Å². The lowest BCUT2D eigenvalue weighted by Crippen LogP contribution is -2.30. The first-order valence-corrected chi connectivity index (χ1v) is 6.71. The normalized spacial score (nSPS) is 11.5. The standard InChI is InChI=1S/C15H14ClN3O2/c1-9-3-6-14(21-9)10(2)18-15(20)19-12-5-4-11(8-17)13(16)7-12/h3-7,10H,1-2H3,(H2,18,19,20). The molecule has 0 aliphatic carbocycles. The van der Waals surface area contributed by atoms with Crippen LogP contribution >= 0.6 is 11.6 Å². The van der Waals surface area contributed by atoms with Gasteiger partial charge in [-0.25, -0.2) is 4.79 Å². The van der Waals surface area contributed by atoms with E-state index in [-0.39, 0.29) is 12.1 Å². The van der Waals surface area contributed by atoms with E-state index in [1.165, 1.54) is 6.07 Å². The highest BCUT2D eigenvalue weighted by atomic mass is 35.5. The molecule has 0 bridgehead atoms. The van der Waals surface area contributed by atoms with E-state index in [0.717, 1.165) is 5.76 Å². The summed E-state index contributed by atoms with van der Waals surface area (Å²) in [6.07, 6.45) is 0. The predicted octanol–water partition coefficient (Wildman–Crippen LogP) is 4.00. The van der Waals surface area contributed by atoms with Gasteiger partial charge in [-0.3, -0.25) is 0 Å². The van der Waals surface area contributed by atoms with E-state index in [9.17, 15) is 4.79 Å². The molecule has 1 atom stereocenters. The first-order chi connectivity index (χ1) is 9.99. The summed E-state index contributed by atoms with van der Waals surface area (Å²) >= 11 is 5.91. The average Bonchev–Trinajstić information content (AvgIpc) is 2.85. The highest BCUT2D eigenvalue weighted by molar-refractivity contribution is 6.32. The smallest absolute Gasteiger partial charge is 0.319 e. The molecule has 2 rings (SSSR count). The number of anilines is 1. The van der Waals surface area contributed by atoms with E-state index in [2.05, 4.69) is 10.6 Å². The minimum atomic E-state index is -0.377. The fourth-order valence-electron chi connectivity index (χ4n) is 1.80. The molecule has 0 saturated heterocycles. The molecular formula is C15H14ClN3O2. The zero-order valence-electron chi connectivity index (χ0n) is 11.6. The molecule has 108 valence electrons. The van der Waals surface area contributed by atoms with Crippen molar-refractivity contribution in [3.63, 3.8) is 0 Å². The summed E-state index contributed by atoms with van der Waals surface area (Å²) in [5.74, 6) is 1.47. The molecule has 0 spiro atoms. The number of hydrogen-bond donors (Lipinski definition) is 2. The number of furan rings is 1. The Bertz CT molecular complexity index is 703. The fraction of sp³-hybridized carbons (Fsp3) is 0.200. The quantitative estimate of drug-likeness (QED) is 0.899. The van der Waals surface area contributed by atoms with Gasteiger partial charge in [-0.1, -0.05) is 11.6 Å². The lowest BCUT2D eigenvalue weighted by atomic mass is 10.2. The zero-order chi connectivity index (χ0) is 15.4. The lowest BCUT2D eigenvalue weighted by Gasteiger charge is -2.13. The number of nitrogens with one attached hydrogen (secondary N) is 2. The van der Waals surface area contributed by atoms with Crippen LogP contribution in [0.1, 0.15) is 30.0 Å². The maximum absolute atomic E-state index is 11.9.